The van der Waals surface area contributed by atoms with Crippen LogP contribution in [0.2, 0.25) is 0 Å². The number of thioether (sulfide) groups is 1. The number of carbonyl (C=O) groups is 2. The van der Waals surface area contributed by atoms with Gasteiger partial charge in [-0.2, -0.15) is 0 Å². The van der Waals surface area contributed by atoms with Gasteiger partial charge in [0.05, 0.1) is 19.3 Å². The molecule has 0 unspecified atom stereocenters. The molecule has 3 aromatic rings. The summed E-state index contributed by atoms with van der Waals surface area (Å²) in [7, 11) is 1.54. The highest BCUT2D eigenvalue weighted by atomic mass is 32.2. The maximum atomic E-state index is 14.1. The number of halogens is 2. The average Bonchev–Trinajstić information content (AvgIpc) is 3.40. The Morgan fingerprint density at radius 1 is 1.06 bits per heavy atom. The zero-order valence-corrected chi connectivity index (χ0v) is 20.9. The first kappa shape index (κ1) is 24.1. The fourth-order valence-electron chi connectivity index (χ4n) is 4.71. The van der Waals surface area contributed by atoms with E-state index in [-0.39, 0.29) is 18.5 Å². The van der Waals surface area contributed by atoms with Crippen molar-refractivity contribution in [2.24, 2.45) is 0 Å². The number of aryl methyl sites for hydroxylation is 2. The van der Waals surface area contributed by atoms with Crippen LogP contribution in [0, 0.1) is 25.5 Å². The Morgan fingerprint density at radius 3 is 2.58 bits per heavy atom. The molecular weight excluding hydrogens is 484 g/mol. The minimum atomic E-state index is -1.30. The van der Waals surface area contributed by atoms with Crippen LogP contribution in [-0.4, -0.2) is 36.2 Å². The Morgan fingerprint density at radius 2 is 1.86 bits per heavy atom. The molecule has 1 N–H and O–H groups in total. The fourth-order valence-corrected chi connectivity index (χ4v) is 6.16. The standard InChI is InChI=1S/C27H25F2N3O3S/c1-16-4-6-19(12-17(16)2)30-26(34)32-10-11-36-27(32)21-14-20(35-3)7-9-24(21)31(25(27)33)15-18-5-8-22(28)23(29)13-18/h4-9,12-14H,10-11,15H2,1-3H3,(H,30,34)/t27-/m0/s1. The van der Waals surface area contributed by atoms with Crippen molar-refractivity contribution in [2.45, 2.75) is 25.3 Å². The van der Waals surface area contributed by atoms with Crippen molar-refractivity contribution in [1.82, 2.24) is 4.90 Å². The molecule has 3 amide bonds. The Labute approximate surface area is 212 Å². The van der Waals surface area contributed by atoms with Crippen LogP contribution < -0.4 is 15.0 Å². The second kappa shape index (κ2) is 9.13. The van der Waals surface area contributed by atoms with Gasteiger partial charge >= 0.3 is 6.03 Å². The second-order valence-electron chi connectivity index (χ2n) is 8.90. The molecule has 5 rings (SSSR count). The van der Waals surface area contributed by atoms with Crippen molar-refractivity contribution in [3.63, 3.8) is 0 Å². The molecule has 0 radical (unpaired) electrons. The molecule has 6 nitrogen and oxygen atoms in total. The first-order chi connectivity index (χ1) is 17.2. The fraction of sp³-hybridized carbons (Fsp3) is 0.259. The quantitative estimate of drug-likeness (QED) is 0.500. The highest BCUT2D eigenvalue weighted by Gasteiger charge is 2.59. The van der Waals surface area contributed by atoms with Gasteiger partial charge in [0.15, 0.2) is 16.5 Å². The van der Waals surface area contributed by atoms with Crippen molar-refractivity contribution in [3.8, 4) is 5.75 Å². The minimum absolute atomic E-state index is 0.0320. The van der Waals surface area contributed by atoms with Crippen molar-refractivity contribution >= 4 is 35.1 Å². The Kier molecular flexibility index (Phi) is 6.12. The van der Waals surface area contributed by atoms with Gasteiger partial charge in [-0.15, -0.1) is 11.8 Å². The van der Waals surface area contributed by atoms with Crippen LogP contribution in [0.5, 0.6) is 5.75 Å². The van der Waals surface area contributed by atoms with Crippen molar-refractivity contribution < 1.29 is 23.1 Å². The molecule has 9 heteroatoms. The SMILES string of the molecule is COc1ccc2c(c1)[C@]1(SCCN1C(=O)Nc1ccc(C)c(C)c1)C(=O)N2Cc1ccc(F)c(F)c1. The van der Waals surface area contributed by atoms with E-state index in [1.54, 1.807) is 23.1 Å². The summed E-state index contributed by atoms with van der Waals surface area (Å²) < 4.78 is 32.8. The van der Waals surface area contributed by atoms with Crippen LogP contribution >= 0.6 is 11.8 Å². The Hall–Kier alpha value is -3.59. The average molecular weight is 510 g/mol. The molecule has 0 saturated carbocycles. The van der Waals surface area contributed by atoms with E-state index in [1.165, 1.54) is 29.8 Å². The Balaban J connectivity index is 1.54. The predicted octanol–water partition coefficient (Wildman–Crippen LogP) is 5.57. The summed E-state index contributed by atoms with van der Waals surface area (Å²) in [5.41, 5.74) is 4.47. The number of anilines is 2. The third-order valence-corrected chi connectivity index (χ3v) is 8.15. The lowest BCUT2D eigenvalue weighted by molar-refractivity contribution is -0.123. The van der Waals surface area contributed by atoms with Gasteiger partial charge in [-0.3, -0.25) is 9.69 Å². The molecule has 1 fully saturated rings. The van der Waals surface area contributed by atoms with Crippen LogP contribution in [0.3, 0.4) is 0 Å². The molecule has 3 aromatic carbocycles. The van der Waals surface area contributed by atoms with E-state index in [2.05, 4.69) is 5.32 Å². The number of methoxy groups -OCH3 is 1. The monoisotopic (exact) mass is 509 g/mol. The number of fused-ring (bicyclic) bond motifs is 2. The molecule has 2 aliphatic rings. The molecule has 186 valence electrons. The number of rotatable bonds is 4. The van der Waals surface area contributed by atoms with Crippen LogP contribution in [0.15, 0.2) is 54.6 Å². The van der Waals surface area contributed by atoms with Crippen molar-refractivity contribution in [1.29, 1.82) is 0 Å². The second-order valence-corrected chi connectivity index (χ2v) is 10.2. The summed E-state index contributed by atoms with van der Waals surface area (Å²) in [5.74, 6) is -1.13. The third kappa shape index (κ3) is 3.87. The molecule has 0 aliphatic carbocycles. The van der Waals surface area contributed by atoms with Gasteiger partial charge in [0.25, 0.3) is 5.91 Å². The van der Waals surface area contributed by atoms with E-state index in [4.69, 9.17) is 4.74 Å². The van der Waals surface area contributed by atoms with E-state index >= 15 is 0 Å². The number of hydrogen-bond acceptors (Lipinski definition) is 4. The van der Waals surface area contributed by atoms with E-state index in [1.807, 2.05) is 32.0 Å². The van der Waals surface area contributed by atoms with E-state index < -0.39 is 16.5 Å². The van der Waals surface area contributed by atoms with E-state index in [9.17, 15) is 18.4 Å². The first-order valence-electron chi connectivity index (χ1n) is 11.5. The van der Waals surface area contributed by atoms with Gasteiger partial charge in [0.2, 0.25) is 0 Å². The molecule has 0 bridgehead atoms. The lowest BCUT2D eigenvalue weighted by atomic mass is 10.1. The number of nitrogens with zero attached hydrogens (tertiary/aromatic N) is 2. The van der Waals surface area contributed by atoms with Crippen LogP contribution in [0.1, 0.15) is 22.3 Å². The number of ether oxygens (including phenoxy) is 1. The topological polar surface area (TPSA) is 61.9 Å². The summed E-state index contributed by atoms with van der Waals surface area (Å²) in [6.45, 7) is 4.36. The van der Waals surface area contributed by atoms with Crippen molar-refractivity contribution in [2.75, 3.05) is 29.6 Å². The summed E-state index contributed by atoms with van der Waals surface area (Å²) in [5, 5.41) is 2.94. The van der Waals surface area contributed by atoms with Gasteiger partial charge in [0, 0.05) is 23.5 Å². The molecule has 0 aromatic heterocycles. The highest BCUT2D eigenvalue weighted by Crippen LogP contribution is 2.55. The number of amides is 3. The molecule has 36 heavy (non-hydrogen) atoms. The van der Waals surface area contributed by atoms with Crippen molar-refractivity contribution in [3.05, 3.63) is 88.5 Å². The predicted molar refractivity (Wildman–Crippen MR) is 136 cm³/mol. The molecule has 1 saturated heterocycles. The normalized spacial score (nSPS) is 18.6. The van der Waals surface area contributed by atoms with Gasteiger partial charge in [0.1, 0.15) is 5.75 Å². The highest BCUT2D eigenvalue weighted by molar-refractivity contribution is 8.01. The number of carbonyl (C=O) groups excluding carboxylic acids is 2. The zero-order chi connectivity index (χ0) is 25.6. The minimum Gasteiger partial charge on any atom is -0.497 e. The Bertz CT molecular complexity index is 1380. The molecular formula is C27H25F2N3O3S. The van der Waals surface area contributed by atoms with Gasteiger partial charge in [-0.1, -0.05) is 12.1 Å². The van der Waals surface area contributed by atoms with Crippen LogP contribution in [0.25, 0.3) is 0 Å². The maximum Gasteiger partial charge on any atom is 0.323 e. The molecule has 1 atom stereocenters. The lowest BCUT2D eigenvalue weighted by Gasteiger charge is -2.33. The summed E-state index contributed by atoms with van der Waals surface area (Å²) in [6.07, 6.45) is 0. The summed E-state index contributed by atoms with van der Waals surface area (Å²) in [4.78, 5) is 29.4. The first-order valence-corrected chi connectivity index (χ1v) is 12.5. The van der Waals surface area contributed by atoms with Gasteiger partial charge in [-0.05, 0) is 73.0 Å². The number of benzene rings is 3. The van der Waals surface area contributed by atoms with Crippen LogP contribution in [0.4, 0.5) is 25.0 Å². The van der Waals surface area contributed by atoms with E-state index in [0.29, 0.717) is 40.5 Å². The zero-order valence-electron chi connectivity index (χ0n) is 20.1. The summed E-state index contributed by atoms with van der Waals surface area (Å²) in [6, 6.07) is 14.1. The van der Waals surface area contributed by atoms with E-state index in [0.717, 1.165) is 23.3 Å². The molecule has 1 spiro atoms. The number of nitrogens with one attached hydrogen (secondary N) is 1. The molecule has 2 heterocycles. The smallest absolute Gasteiger partial charge is 0.323 e. The third-order valence-electron chi connectivity index (χ3n) is 6.73. The van der Waals surface area contributed by atoms with Gasteiger partial charge in [-0.25, -0.2) is 13.6 Å². The summed E-state index contributed by atoms with van der Waals surface area (Å²) >= 11 is 1.38. The number of hydrogen-bond donors (Lipinski definition) is 1. The molecule has 2 aliphatic heterocycles. The van der Waals surface area contributed by atoms with Gasteiger partial charge < -0.3 is 15.0 Å². The largest absolute Gasteiger partial charge is 0.497 e. The van der Waals surface area contributed by atoms with Crippen LogP contribution in [-0.2, 0) is 16.2 Å². The lowest BCUT2D eigenvalue weighted by Crippen LogP contribution is -2.51. The maximum absolute atomic E-state index is 14.1. The number of urea groups is 1.